The van der Waals surface area contributed by atoms with Gasteiger partial charge in [0.2, 0.25) is 0 Å². The predicted molar refractivity (Wildman–Crippen MR) is 113 cm³/mol. The van der Waals surface area contributed by atoms with Crippen molar-refractivity contribution in [2.45, 2.75) is 12.5 Å². The van der Waals surface area contributed by atoms with Crippen LogP contribution < -0.4 is 26.6 Å². The maximum atomic E-state index is 12.2. The van der Waals surface area contributed by atoms with Crippen molar-refractivity contribution in [1.82, 2.24) is 16.2 Å². The highest BCUT2D eigenvalue weighted by molar-refractivity contribution is 7.98. The van der Waals surface area contributed by atoms with Crippen LogP contribution in [-0.2, 0) is 9.59 Å². The number of benzene rings is 2. The number of thioether (sulfide) groups is 1. The molecule has 0 saturated heterocycles. The fourth-order valence-electron chi connectivity index (χ4n) is 2.52. The lowest BCUT2D eigenvalue weighted by atomic mass is 10.1. The SMILES string of the molecule is CSCC[C@@H](NC(N)=O)C(=O)NNC(=O)COc1ccccc1-c1ccccc1. The summed E-state index contributed by atoms with van der Waals surface area (Å²) in [6.45, 7) is -0.289. The second-order valence-corrected chi connectivity index (χ2v) is 7.02. The van der Waals surface area contributed by atoms with Crippen LogP contribution in [-0.4, -0.2) is 42.5 Å². The summed E-state index contributed by atoms with van der Waals surface area (Å²) in [5.41, 5.74) is 11.5. The van der Waals surface area contributed by atoms with Crippen molar-refractivity contribution in [1.29, 1.82) is 0 Å². The molecule has 0 aliphatic carbocycles. The number of urea groups is 1. The molecule has 9 heteroatoms. The largest absolute Gasteiger partial charge is 0.483 e. The van der Waals surface area contributed by atoms with Crippen LogP contribution in [0, 0.1) is 0 Å². The molecule has 0 saturated carbocycles. The van der Waals surface area contributed by atoms with Gasteiger partial charge in [-0.1, -0.05) is 48.5 Å². The first-order valence-corrected chi connectivity index (χ1v) is 10.3. The van der Waals surface area contributed by atoms with E-state index in [0.717, 1.165) is 11.1 Å². The van der Waals surface area contributed by atoms with E-state index in [9.17, 15) is 14.4 Å². The molecule has 0 unspecified atom stereocenters. The van der Waals surface area contributed by atoms with Crippen molar-refractivity contribution in [3.63, 3.8) is 0 Å². The monoisotopic (exact) mass is 416 g/mol. The van der Waals surface area contributed by atoms with Crippen molar-refractivity contribution in [2.75, 3.05) is 18.6 Å². The van der Waals surface area contributed by atoms with Gasteiger partial charge >= 0.3 is 6.03 Å². The zero-order chi connectivity index (χ0) is 21.1. The zero-order valence-corrected chi connectivity index (χ0v) is 16.8. The van der Waals surface area contributed by atoms with E-state index in [1.165, 1.54) is 11.8 Å². The number of hydrogen-bond acceptors (Lipinski definition) is 5. The summed E-state index contributed by atoms with van der Waals surface area (Å²) in [4.78, 5) is 35.3. The van der Waals surface area contributed by atoms with Gasteiger partial charge in [0.25, 0.3) is 11.8 Å². The van der Waals surface area contributed by atoms with Crippen LogP contribution in [0.25, 0.3) is 11.1 Å². The van der Waals surface area contributed by atoms with Crippen molar-refractivity contribution >= 4 is 29.6 Å². The van der Waals surface area contributed by atoms with Gasteiger partial charge in [0.15, 0.2) is 6.61 Å². The Morgan fingerprint density at radius 3 is 2.41 bits per heavy atom. The van der Waals surface area contributed by atoms with Gasteiger partial charge in [-0.25, -0.2) is 4.79 Å². The molecule has 8 nitrogen and oxygen atoms in total. The zero-order valence-electron chi connectivity index (χ0n) is 16.0. The van der Waals surface area contributed by atoms with E-state index in [4.69, 9.17) is 10.5 Å². The van der Waals surface area contributed by atoms with E-state index in [2.05, 4.69) is 16.2 Å². The number of ether oxygens (including phenoxy) is 1. The third-order valence-corrected chi connectivity index (χ3v) is 4.54. The number of carbonyl (C=O) groups is 3. The Kier molecular flexibility index (Phi) is 8.84. The second-order valence-electron chi connectivity index (χ2n) is 6.03. The maximum Gasteiger partial charge on any atom is 0.312 e. The predicted octanol–water partition coefficient (Wildman–Crippen LogP) is 1.67. The number of nitrogens with two attached hydrogens (primary N) is 1. The molecule has 0 spiro atoms. The van der Waals surface area contributed by atoms with E-state index in [1.54, 1.807) is 6.07 Å². The quantitative estimate of drug-likeness (QED) is 0.463. The molecule has 4 amide bonds. The van der Waals surface area contributed by atoms with E-state index in [0.29, 0.717) is 17.9 Å². The van der Waals surface area contributed by atoms with Crippen LogP contribution in [0.2, 0.25) is 0 Å². The minimum Gasteiger partial charge on any atom is -0.483 e. The number of amides is 4. The average molecular weight is 417 g/mol. The Bertz CT molecular complexity index is 832. The van der Waals surface area contributed by atoms with Gasteiger partial charge < -0.3 is 15.8 Å². The van der Waals surface area contributed by atoms with Gasteiger partial charge in [0, 0.05) is 5.56 Å². The molecular formula is C20H24N4O4S. The molecule has 1 atom stereocenters. The molecule has 0 aliphatic rings. The normalized spacial score (nSPS) is 11.2. The molecule has 0 fully saturated rings. The summed E-state index contributed by atoms with van der Waals surface area (Å²) < 4.78 is 5.62. The van der Waals surface area contributed by atoms with Crippen LogP contribution >= 0.6 is 11.8 Å². The minimum atomic E-state index is -0.833. The maximum absolute atomic E-state index is 12.2. The van der Waals surface area contributed by atoms with Gasteiger partial charge in [-0.15, -0.1) is 0 Å². The van der Waals surface area contributed by atoms with E-state index < -0.39 is 23.9 Å². The third kappa shape index (κ3) is 7.38. The summed E-state index contributed by atoms with van der Waals surface area (Å²) >= 11 is 1.52. The van der Waals surface area contributed by atoms with Crippen LogP contribution in [0.5, 0.6) is 5.75 Å². The Balaban J connectivity index is 1.89. The van der Waals surface area contributed by atoms with Crippen molar-refractivity contribution in [3.8, 4) is 16.9 Å². The van der Waals surface area contributed by atoms with E-state index in [-0.39, 0.29) is 6.61 Å². The molecule has 0 aromatic heterocycles. The number of primary amides is 1. The number of hydrazine groups is 1. The molecule has 29 heavy (non-hydrogen) atoms. The van der Waals surface area contributed by atoms with Crippen LogP contribution in [0.3, 0.4) is 0 Å². The van der Waals surface area contributed by atoms with E-state index >= 15 is 0 Å². The molecule has 2 aromatic rings. The van der Waals surface area contributed by atoms with Crippen LogP contribution in [0.15, 0.2) is 54.6 Å². The summed E-state index contributed by atoms with van der Waals surface area (Å²) in [7, 11) is 0. The first kappa shape index (κ1) is 22.1. The molecule has 0 aliphatic heterocycles. The number of carbonyl (C=O) groups excluding carboxylic acids is 3. The summed E-state index contributed by atoms with van der Waals surface area (Å²) in [5.74, 6) is 0.0966. The van der Waals surface area contributed by atoms with Crippen molar-refractivity contribution in [2.24, 2.45) is 5.73 Å². The Labute approximate surface area is 173 Å². The number of hydrogen-bond donors (Lipinski definition) is 4. The lowest BCUT2D eigenvalue weighted by Gasteiger charge is -2.17. The molecule has 2 rings (SSSR count). The van der Waals surface area contributed by atoms with Gasteiger partial charge in [-0.05, 0) is 30.1 Å². The topological polar surface area (TPSA) is 123 Å². The fourth-order valence-corrected chi connectivity index (χ4v) is 2.99. The van der Waals surface area contributed by atoms with Gasteiger partial charge in [-0.2, -0.15) is 11.8 Å². The molecular weight excluding hydrogens is 392 g/mol. The Hall–Kier alpha value is -3.20. The van der Waals surface area contributed by atoms with Gasteiger partial charge in [0.05, 0.1) is 0 Å². The minimum absolute atomic E-state index is 0.289. The van der Waals surface area contributed by atoms with E-state index in [1.807, 2.05) is 54.8 Å². The highest BCUT2D eigenvalue weighted by Crippen LogP contribution is 2.29. The highest BCUT2D eigenvalue weighted by Gasteiger charge is 2.20. The number of rotatable bonds is 9. The Morgan fingerprint density at radius 2 is 1.72 bits per heavy atom. The first-order valence-electron chi connectivity index (χ1n) is 8.92. The Morgan fingerprint density at radius 1 is 1.03 bits per heavy atom. The van der Waals surface area contributed by atoms with Crippen molar-refractivity contribution in [3.05, 3.63) is 54.6 Å². The number of nitrogens with one attached hydrogen (secondary N) is 3. The first-order chi connectivity index (χ1) is 14.0. The molecule has 0 radical (unpaired) electrons. The van der Waals surface area contributed by atoms with Gasteiger partial charge in [-0.3, -0.25) is 20.4 Å². The summed E-state index contributed by atoms with van der Waals surface area (Å²) in [6.07, 6.45) is 2.26. The fraction of sp³-hybridized carbons (Fsp3) is 0.250. The average Bonchev–Trinajstić information content (AvgIpc) is 2.74. The second kappa shape index (κ2) is 11.6. The highest BCUT2D eigenvalue weighted by atomic mass is 32.2. The third-order valence-electron chi connectivity index (χ3n) is 3.90. The molecule has 5 N–H and O–H groups in total. The van der Waals surface area contributed by atoms with Gasteiger partial charge in [0.1, 0.15) is 11.8 Å². The molecule has 154 valence electrons. The van der Waals surface area contributed by atoms with Crippen LogP contribution in [0.1, 0.15) is 6.42 Å². The molecule has 2 aromatic carbocycles. The molecule has 0 bridgehead atoms. The standard InChI is InChI=1S/C20H24N4O4S/c1-29-12-11-16(22-20(21)27)19(26)24-23-18(25)13-28-17-10-6-5-9-15(17)14-7-3-2-4-8-14/h2-10,16H,11-13H2,1H3,(H,23,25)(H,24,26)(H3,21,22,27)/t16-/m1/s1. The lowest BCUT2D eigenvalue weighted by molar-refractivity contribution is -0.130. The van der Waals surface area contributed by atoms with Crippen LogP contribution in [0.4, 0.5) is 4.79 Å². The molecule has 0 heterocycles. The summed E-state index contributed by atoms with van der Waals surface area (Å²) in [5, 5.41) is 2.35. The lowest BCUT2D eigenvalue weighted by Crippen LogP contribution is -2.54. The van der Waals surface area contributed by atoms with Crippen molar-refractivity contribution < 1.29 is 19.1 Å². The number of para-hydroxylation sites is 1. The summed E-state index contributed by atoms with van der Waals surface area (Å²) in [6, 6.07) is 15.4. The smallest absolute Gasteiger partial charge is 0.312 e.